The van der Waals surface area contributed by atoms with E-state index in [1.807, 2.05) is 20.8 Å². The van der Waals surface area contributed by atoms with Crippen LogP contribution in [0.5, 0.6) is 0 Å². The van der Waals surface area contributed by atoms with Crippen LogP contribution in [0.2, 0.25) is 0 Å². The van der Waals surface area contributed by atoms with E-state index in [0.717, 1.165) is 0 Å². The zero-order valence-corrected chi connectivity index (χ0v) is 10.2. The number of carboxylic acid groups (broad SMARTS) is 1. The standard InChI is InChI=1S/C11H23NO3/c1-5-11(6-2,10(13)14)12-7-9(3)8-15-4/h9,12H,5-8H2,1-4H3,(H,13,14). The molecule has 15 heavy (non-hydrogen) atoms. The highest BCUT2D eigenvalue weighted by molar-refractivity contribution is 5.78. The first-order valence-electron chi connectivity index (χ1n) is 5.49. The lowest BCUT2D eigenvalue weighted by atomic mass is 9.92. The number of hydrogen-bond acceptors (Lipinski definition) is 3. The molecule has 0 saturated heterocycles. The van der Waals surface area contributed by atoms with Crippen LogP contribution in [0.15, 0.2) is 0 Å². The van der Waals surface area contributed by atoms with E-state index in [1.165, 1.54) is 0 Å². The zero-order chi connectivity index (χ0) is 11.9. The average Bonchev–Trinajstić information content (AvgIpc) is 2.20. The van der Waals surface area contributed by atoms with Crippen molar-refractivity contribution in [1.29, 1.82) is 0 Å². The van der Waals surface area contributed by atoms with Crippen LogP contribution in [-0.2, 0) is 9.53 Å². The number of rotatable bonds is 8. The Bertz CT molecular complexity index is 190. The van der Waals surface area contributed by atoms with Crippen molar-refractivity contribution < 1.29 is 14.6 Å². The van der Waals surface area contributed by atoms with E-state index in [1.54, 1.807) is 7.11 Å². The van der Waals surface area contributed by atoms with Crippen molar-refractivity contribution in [3.05, 3.63) is 0 Å². The highest BCUT2D eigenvalue weighted by Gasteiger charge is 2.34. The van der Waals surface area contributed by atoms with Gasteiger partial charge in [0, 0.05) is 20.3 Å². The molecule has 4 nitrogen and oxygen atoms in total. The number of nitrogens with one attached hydrogen (secondary N) is 1. The molecule has 0 bridgehead atoms. The normalized spacial score (nSPS) is 13.9. The summed E-state index contributed by atoms with van der Waals surface area (Å²) in [6, 6.07) is 0. The van der Waals surface area contributed by atoms with Gasteiger partial charge in [-0.2, -0.15) is 0 Å². The molecule has 0 rings (SSSR count). The monoisotopic (exact) mass is 217 g/mol. The largest absolute Gasteiger partial charge is 0.480 e. The lowest BCUT2D eigenvalue weighted by Gasteiger charge is -2.29. The molecule has 0 heterocycles. The summed E-state index contributed by atoms with van der Waals surface area (Å²) in [7, 11) is 1.65. The van der Waals surface area contributed by atoms with Gasteiger partial charge in [-0.25, -0.2) is 0 Å². The maximum Gasteiger partial charge on any atom is 0.323 e. The molecule has 1 unspecified atom stereocenters. The van der Waals surface area contributed by atoms with Gasteiger partial charge >= 0.3 is 5.97 Å². The summed E-state index contributed by atoms with van der Waals surface area (Å²) in [5.41, 5.74) is -0.776. The molecule has 0 aromatic carbocycles. The predicted octanol–water partition coefficient (Wildman–Crippen LogP) is 1.50. The Morgan fingerprint density at radius 3 is 2.33 bits per heavy atom. The van der Waals surface area contributed by atoms with Crippen molar-refractivity contribution in [2.45, 2.75) is 39.2 Å². The summed E-state index contributed by atoms with van der Waals surface area (Å²) in [5.74, 6) is -0.441. The number of carbonyl (C=O) groups is 1. The van der Waals surface area contributed by atoms with Crippen LogP contribution in [0.3, 0.4) is 0 Å². The fourth-order valence-corrected chi connectivity index (χ4v) is 1.59. The minimum Gasteiger partial charge on any atom is -0.480 e. The van der Waals surface area contributed by atoms with Gasteiger partial charge < -0.3 is 15.2 Å². The highest BCUT2D eigenvalue weighted by atomic mass is 16.5. The number of carboxylic acids is 1. The van der Waals surface area contributed by atoms with Crippen LogP contribution in [0.4, 0.5) is 0 Å². The number of aliphatic carboxylic acids is 1. The van der Waals surface area contributed by atoms with E-state index >= 15 is 0 Å². The Labute approximate surface area is 92.0 Å². The Morgan fingerprint density at radius 2 is 2.00 bits per heavy atom. The molecular weight excluding hydrogens is 194 g/mol. The minimum atomic E-state index is -0.776. The third kappa shape index (κ3) is 4.18. The molecule has 0 aromatic heterocycles. The topological polar surface area (TPSA) is 58.6 Å². The van der Waals surface area contributed by atoms with Gasteiger partial charge in [0.2, 0.25) is 0 Å². The fourth-order valence-electron chi connectivity index (χ4n) is 1.59. The van der Waals surface area contributed by atoms with Crippen molar-refractivity contribution in [2.24, 2.45) is 5.92 Å². The minimum absolute atomic E-state index is 0.326. The summed E-state index contributed by atoms with van der Waals surface area (Å²) in [6.07, 6.45) is 1.19. The molecule has 90 valence electrons. The summed E-state index contributed by atoms with van der Waals surface area (Å²) in [5, 5.41) is 12.3. The molecule has 0 radical (unpaired) electrons. The second kappa shape index (κ2) is 6.80. The molecule has 0 amide bonds. The molecule has 0 saturated carbocycles. The molecule has 0 aliphatic heterocycles. The Balaban J connectivity index is 4.24. The van der Waals surface area contributed by atoms with Crippen molar-refractivity contribution in [2.75, 3.05) is 20.3 Å². The SMILES string of the molecule is CCC(CC)(NCC(C)COC)C(=O)O. The Hall–Kier alpha value is -0.610. The lowest BCUT2D eigenvalue weighted by molar-refractivity contribution is -0.145. The third-order valence-electron chi connectivity index (χ3n) is 2.86. The summed E-state index contributed by atoms with van der Waals surface area (Å²) >= 11 is 0. The van der Waals surface area contributed by atoms with E-state index in [4.69, 9.17) is 4.74 Å². The van der Waals surface area contributed by atoms with Gasteiger partial charge in [0.25, 0.3) is 0 Å². The molecule has 0 aliphatic rings. The first-order valence-corrected chi connectivity index (χ1v) is 5.49. The van der Waals surface area contributed by atoms with Crippen LogP contribution >= 0.6 is 0 Å². The van der Waals surface area contributed by atoms with E-state index in [0.29, 0.717) is 31.9 Å². The average molecular weight is 217 g/mol. The van der Waals surface area contributed by atoms with Crippen molar-refractivity contribution in [1.82, 2.24) is 5.32 Å². The first-order chi connectivity index (χ1) is 7.02. The predicted molar refractivity (Wildman–Crippen MR) is 60.0 cm³/mol. The van der Waals surface area contributed by atoms with Crippen LogP contribution in [0, 0.1) is 5.92 Å². The second-order valence-electron chi connectivity index (χ2n) is 4.04. The Morgan fingerprint density at radius 1 is 1.47 bits per heavy atom. The summed E-state index contributed by atoms with van der Waals surface area (Å²) < 4.78 is 5.01. The van der Waals surface area contributed by atoms with Gasteiger partial charge in [-0.1, -0.05) is 20.8 Å². The smallest absolute Gasteiger partial charge is 0.323 e. The van der Waals surface area contributed by atoms with Gasteiger partial charge in [0.1, 0.15) is 5.54 Å². The van der Waals surface area contributed by atoms with E-state index < -0.39 is 11.5 Å². The molecule has 0 aliphatic carbocycles. The van der Waals surface area contributed by atoms with Gasteiger partial charge in [0.05, 0.1) is 0 Å². The van der Waals surface area contributed by atoms with Gasteiger partial charge in [-0.15, -0.1) is 0 Å². The molecule has 1 atom stereocenters. The molecule has 4 heteroatoms. The molecular formula is C11H23NO3. The van der Waals surface area contributed by atoms with Gasteiger partial charge in [0.15, 0.2) is 0 Å². The summed E-state index contributed by atoms with van der Waals surface area (Å²) in [4.78, 5) is 11.2. The number of hydrogen-bond donors (Lipinski definition) is 2. The highest BCUT2D eigenvalue weighted by Crippen LogP contribution is 2.15. The first kappa shape index (κ1) is 14.4. The van der Waals surface area contributed by atoms with Crippen molar-refractivity contribution in [3.8, 4) is 0 Å². The molecule has 2 N–H and O–H groups in total. The van der Waals surface area contributed by atoms with Crippen LogP contribution in [0.25, 0.3) is 0 Å². The van der Waals surface area contributed by atoms with Crippen molar-refractivity contribution >= 4 is 5.97 Å². The quantitative estimate of drug-likeness (QED) is 0.647. The number of ether oxygens (including phenoxy) is 1. The van der Waals surface area contributed by atoms with E-state index in [9.17, 15) is 9.90 Å². The van der Waals surface area contributed by atoms with E-state index in [2.05, 4.69) is 5.32 Å². The Kier molecular flexibility index (Phi) is 6.52. The van der Waals surface area contributed by atoms with Gasteiger partial charge in [-0.05, 0) is 18.8 Å². The van der Waals surface area contributed by atoms with Crippen LogP contribution in [-0.4, -0.2) is 36.9 Å². The molecule has 0 spiro atoms. The maximum absolute atomic E-state index is 11.2. The maximum atomic E-state index is 11.2. The van der Waals surface area contributed by atoms with Crippen LogP contribution in [0.1, 0.15) is 33.6 Å². The molecule has 0 aromatic rings. The van der Waals surface area contributed by atoms with Crippen LogP contribution < -0.4 is 5.32 Å². The zero-order valence-electron chi connectivity index (χ0n) is 10.2. The second-order valence-corrected chi connectivity index (χ2v) is 4.04. The fraction of sp³-hybridized carbons (Fsp3) is 0.909. The molecule has 0 fully saturated rings. The van der Waals surface area contributed by atoms with Gasteiger partial charge in [-0.3, -0.25) is 4.79 Å². The third-order valence-corrected chi connectivity index (χ3v) is 2.86. The van der Waals surface area contributed by atoms with Crippen molar-refractivity contribution in [3.63, 3.8) is 0 Å². The lowest BCUT2D eigenvalue weighted by Crippen LogP contribution is -2.52. The van der Waals surface area contributed by atoms with E-state index in [-0.39, 0.29) is 0 Å². The number of methoxy groups -OCH3 is 1. The summed E-state index contributed by atoms with van der Waals surface area (Å²) in [6.45, 7) is 7.14.